The lowest BCUT2D eigenvalue weighted by molar-refractivity contribution is -0.0253. The summed E-state index contributed by atoms with van der Waals surface area (Å²) in [5.41, 5.74) is 2.93. The standard InChI is InChI=1S/C18H27BrO/c1-7-18(6)15(19)11-16(18)20-14-10-12(2)8-9-13(14)17(3,4)5/h8-10,15-16H,7,11H2,1-6H3. The Balaban J connectivity index is 2.28. The second kappa shape index (κ2) is 5.36. The molecule has 1 aromatic carbocycles. The average molecular weight is 339 g/mol. The molecule has 2 heteroatoms. The lowest BCUT2D eigenvalue weighted by Gasteiger charge is -2.51. The van der Waals surface area contributed by atoms with Gasteiger partial charge in [0.25, 0.3) is 0 Å². The van der Waals surface area contributed by atoms with Crippen molar-refractivity contribution in [3.05, 3.63) is 29.3 Å². The van der Waals surface area contributed by atoms with Gasteiger partial charge >= 0.3 is 0 Å². The number of ether oxygens (including phenoxy) is 1. The smallest absolute Gasteiger partial charge is 0.123 e. The van der Waals surface area contributed by atoms with E-state index in [0.717, 1.165) is 18.6 Å². The summed E-state index contributed by atoms with van der Waals surface area (Å²) in [6.07, 6.45) is 2.56. The van der Waals surface area contributed by atoms with E-state index in [1.54, 1.807) is 0 Å². The molecule has 0 spiro atoms. The molecule has 0 radical (unpaired) electrons. The molecule has 0 saturated heterocycles. The second-order valence-electron chi connectivity index (χ2n) is 7.42. The van der Waals surface area contributed by atoms with E-state index in [2.05, 4.69) is 75.7 Å². The largest absolute Gasteiger partial charge is 0.489 e. The molecular formula is C18H27BrO. The Morgan fingerprint density at radius 1 is 1.35 bits per heavy atom. The number of benzene rings is 1. The Hall–Kier alpha value is -0.500. The molecule has 3 atom stereocenters. The van der Waals surface area contributed by atoms with Gasteiger partial charge in [0.05, 0.1) is 0 Å². The zero-order chi connectivity index (χ0) is 15.1. The normalized spacial score (nSPS) is 29.9. The van der Waals surface area contributed by atoms with Gasteiger partial charge in [-0.1, -0.05) is 62.7 Å². The molecule has 0 amide bonds. The van der Waals surface area contributed by atoms with Crippen LogP contribution in [0.25, 0.3) is 0 Å². The molecular weight excluding hydrogens is 312 g/mol. The van der Waals surface area contributed by atoms with Gasteiger partial charge in [-0.3, -0.25) is 0 Å². The van der Waals surface area contributed by atoms with Crippen LogP contribution in [0.3, 0.4) is 0 Å². The Morgan fingerprint density at radius 3 is 2.50 bits per heavy atom. The molecule has 0 N–H and O–H groups in total. The minimum absolute atomic E-state index is 0.114. The van der Waals surface area contributed by atoms with Crippen LogP contribution >= 0.6 is 15.9 Å². The molecule has 0 bridgehead atoms. The van der Waals surface area contributed by atoms with Gasteiger partial charge in [0, 0.05) is 10.2 Å². The highest BCUT2D eigenvalue weighted by atomic mass is 79.9. The molecule has 1 nitrogen and oxygen atoms in total. The summed E-state index contributed by atoms with van der Waals surface area (Å²) >= 11 is 3.79. The predicted molar refractivity (Wildman–Crippen MR) is 90.0 cm³/mol. The molecule has 1 aliphatic carbocycles. The van der Waals surface area contributed by atoms with Crippen LogP contribution in [0.4, 0.5) is 0 Å². The van der Waals surface area contributed by atoms with E-state index < -0.39 is 0 Å². The minimum atomic E-state index is 0.114. The van der Waals surface area contributed by atoms with E-state index in [1.807, 2.05) is 0 Å². The SMILES string of the molecule is CCC1(C)C(Br)CC1Oc1cc(C)ccc1C(C)(C)C. The van der Waals surface area contributed by atoms with Crippen molar-refractivity contribution in [3.8, 4) is 5.75 Å². The first kappa shape index (κ1) is 15.9. The fraction of sp³-hybridized carbons (Fsp3) is 0.667. The molecule has 1 fully saturated rings. The molecule has 1 aliphatic rings. The number of aryl methyl sites for hydroxylation is 1. The van der Waals surface area contributed by atoms with Crippen LogP contribution in [0, 0.1) is 12.3 Å². The summed E-state index contributed by atoms with van der Waals surface area (Å²) in [4.78, 5) is 0.577. The molecule has 0 aliphatic heterocycles. The average Bonchev–Trinajstić information content (AvgIpc) is 2.36. The predicted octanol–water partition coefficient (Wildman–Crippen LogP) is 5.62. The molecule has 1 saturated carbocycles. The third kappa shape index (κ3) is 2.77. The Bertz CT molecular complexity index is 489. The molecule has 2 rings (SSSR count). The van der Waals surface area contributed by atoms with Gasteiger partial charge in [0.1, 0.15) is 11.9 Å². The van der Waals surface area contributed by atoms with Crippen LogP contribution < -0.4 is 4.74 Å². The van der Waals surface area contributed by atoms with E-state index in [4.69, 9.17) is 4.74 Å². The van der Waals surface area contributed by atoms with Gasteiger partial charge in [-0.2, -0.15) is 0 Å². The zero-order valence-corrected chi connectivity index (χ0v) is 15.2. The molecule has 112 valence electrons. The van der Waals surface area contributed by atoms with Crippen LogP contribution in [-0.4, -0.2) is 10.9 Å². The first-order valence-electron chi connectivity index (χ1n) is 7.60. The molecule has 1 aromatic rings. The lowest BCUT2D eigenvalue weighted by Crippen LogP contribution is -2.54. The van der Waals surface area contributed by atoms with Crippen molar-refractivity contribution in [2.24, 2.45) is 5.41 Å². The number of rotatable bonds is 3. The first-order valence-corrected chi connectivity index (χ1v) is 8.52. The minimum Gasteiger partial charge on any atom is -0.489 e. The second-order valence-corrected chi connectivity index (χ2v) is 8.52. The molecule has 20 heavy (non-hydrogen) atoms. The Morgan fingerprint density at radius 2 is 2.00 bits per heavy atom. The monoisotopic (exact) mass is 338 g/mol. The highest BCUT2D eigenvalue weighted by Crippen LogP contribution is 2.50. The van der Waals surface area contributed by atoms with Crippen molar-refractivity contribution >= 4 is 15.9 Å². The number of hydrogen-bond donors (Lipinski definition) is 0. The Labute approximate surface area is 132 Å². The maximum Gasteiger partial charge on any atom is 0.123 e. The maximum atomic E-state index is 6.44. The zero-order valence-electron chi connectivity index (χ0n) is 13.6. The highest BCUT2D eigenvalue weighted by Gasteiger charge is 2.51. The summed E-state index contributed by atoms with van der Waals surface area (Å²) in [6, 6.07) is 6.59. The lowest BCUT2D eigenvalue weighted by atomic mass is 9.65. The highest BCUT2D eigenvalue weighted by molar-refractivity contribution is 9.09. The van der Waals surface area contributed by atoms with Gasteiger partial charge in [0.2, 0.25) is 0 Å². The van der Waals surface area contributed by atoms with Crippen molar-refractivity contribution in [1.29, 1.82) is 0 Å². The van der Waals surface area contributed by atoms with Crippen molar-refractivity contribution in [1.82, 2.24) is 0 Å². The summed E-state index contributed by atoms with van der Waals surface area (Å²) in [6.45, 7) is 13.5. The van der Waals surface area contributed by atoms with E-state index >= 15 is 0 Å². The summed E-state index contributed by atoms with van der Waals surface area (Å²) in [7, 11) is 0. The van der Waals surface area contributed by atoms with Gasteiger partial charge < -0.3 is 4.74 Å². The summed E-state index contributed by atoms with van der Waals surface area (Å²) in [5, 5.41) is 0. The fourth-order valence-electron chi connectivity index (χ4n) is 2.90. The van der Waals surface area contributed by atoms with E-state index in [9.17, 15) is 0 Å². The van der Waals surface area contributed by atoms with Crippen LogP contribution in [0.15, 0.2) is 18.2 Å². The van der Waals surface area contributed by atoms with E-state index in [1.165, 1.54) is 11.1 Å². The van der Waals surface area contributed by atoms with Crippen LogP contribution in [0.1, 0.15) is 58.6 Å². The van der Waals surface area contributed by atoms with E-state index in [-0.39, 0.29) is 10.8 Å². The number of hydrogen-bond acceptors (Lipinski definition) is 1. The maximum absolute atomic E-state index is 6.44. The quantitative estimate of drug-likeness (QED) is 0.649. The molecule has 0 aromatic heterocycles. The summed E-state index contributed by atoms with van der Waals surface area (Å²) < 4.78 is 6.44. The van der Waals surface area contributed by atoms with Gasteiger partial charge in [-0.15, -0.1) is 0 Å². The number of halogens is 1. The summed E-state index contributed by atoms with van der Waals surface area (Å²) in [5.74, 6) is 1.07. The van der Waals surface area contributed by atoms with Crippen LogP contribution in [0.2, 0.25) is 0 Å². The first-order chi connectivity index (χ1) is 9.18. The van der Waals surface area contributed by atoms with Gasteiger partial charge in [-0.25, -0.2) is 0 Å². The molecule has 3 unspecified atom stereocenters. The van der Waals surface area contributed by atoms with Crippen LogP contribution in [0.5, 0.6) is 5.75 Å². The van der Waals surface area contributed by atoms with E-state index in [0.29, 0.717) is 10.9 Å². The van der Waals surface area contributed by atoms with Crippen molar-refractivity contribution in [2.75, 3.05) is 0 Å². The fourth-order valence-corrected chi connectivity index (χ4v) is 3.86. The van der Waals surface area contributed by atoms with Crippen molar-refractivity contribution < 1.29 is 4.74 Å². The van der Waals surface area contributed by atoms with Gasteiger partial charge in [0.15, 0.2) is 0 Å². The molecule has 0 heterocycles. The van der Waals surface area contributed by atoms with Crippen LogP contribution in [-0.2, 0) is 5.41 Å². The van der Waals surface area contributed by atoms with Gasteiger partial charge in [-0.05, 0) is 42.4 Å². The number of alkyl halides is 1. The third-order valence-electron chi connectivity index (χ3n) is 4.85. The topological polar surface area (TPSA) is 9.23 Å². The van der Waals surface area contributed by atoms with Crippen molar-refractivity contribution in [3.63, 3.8) is 0 Å². The third-order valence-corrected chi connectivity index (χ3v) is 6.27. The Kier molecular flexibility index (Phi) is 4.26. The van der Waals surface area contributed by atoms with Crippen molar-refractivity contribution in [2.45, 2.75) is 70.7 Å².